The van der Waals surface area contributed by atoms with E-state index in [1.807, 2.05) is 0 Å². The van der Waals surface area contributed by atoms with Crippen LogP contribution in [0.4, 0.5) is 4.39 Å². The molecule has 2 unspecified atom stereocenters. The van der Waals surface area contributed by atoms with Gasteiger partial charge in [-0.25, -0.2) is 4.39 Å². The molecular weight excluding hydrogens is 201 g/mol. The largest absolute Gasteiger partial charge is 0.330 e. The molecule has 0 aromatic heterocycles. The third-order valence-electron chi connectivity index (χ3n) is 3.29. The summed E-state index contributed by atoms with van der Waals surface area (Å²) in [5.41, 5.74) is 6.75. The first-order valence-corrected chi connectivity index (χ1v) is 5.13. The van der Waals surface area contributed by atoms with E-state index in [4.69, 9.17) is 17.3 Å². The normalized spacial score (nSPS) is 30.4. The molecule has 0 bridgehead atoms. The van der Waals surface area contributed by atoms with Crippen LogP contribution in [0.25, 0.3) is 0 Å². The smallest absolute Gasteiger partial charge is 0.124 e. The summed E-state index contributed by atoms with van der Waals surface area (Å²) < 4.78 is 12.8. The Morgan fingerprint density at radius 1 is 1.64 bits per heavy atom. The summed E-state index contributed by atoms with van der Waals surface area (Å²) >= 11 is 6.00. The number of rotatable bonds is 2. The maximum absolute atomic E-state index is 12.8. The highest BCUT2D eigenvalue weighted by Crippen LogP contribution is 2.54. The average Bonchev–Trinajstić information content (AvgIpc) is 2.78. The maximum Gasteiger partial charge on any atom is 0.124 e. The molecule has 3 heteroatoms. The summed E-state index contributed by atoms with van der Waals surface area (Å²) in [6.45, 7) is 2.73. The zero-order valence-corrected chi connectivity index (χ0v) is 8.81. The fourth-order valence-electron chi connectivity index (χ4n) is 2.15. The lowest BCUT2D eigenvalue weighted by Gasteiger charge is -2.16. The van der Waals surface area contributed by atoms with Crippen molar-refractivity contribution in [2.24, 2.45) is 11.7 Å². The van der Waals surface area contributed by atoms with Crippen LogP contribution in [0.15, 0.2) is 18.2 Å². The van der Waals surface area contributed by atoms with Crippen LogP contribution in [0.1, 0.15) is 18.9 Å². The van der Waals surface area contributed by atoms with Gasteiger partial charge in [0.25, 0.3) is 0 Å². The zero-order valence-electron chi connectivity index (χ0n) is 8.06. The second-order valence-corrected chi connectivity index (χ2v) is 4.50. The van der Waals surface area contributed by atoms with Crippen LogP contribution < -0.4 is 5.73 Å². The number of halogens is 2. The lowest BCUT2D eigenvalue weighted by Crippen LogP contribution is -2.22. The minimum Gasteiger partial charge on any atom is -0.330 e. The minimum absolute atomic E-state index is 0.00475. The molecule has 0 aliphatic heterocycles. The Hall–Kier alpha value is -0.600. The minimum atomic E-state index is -0.292. The van der Waals surface area contributed by atoms with Crippen LogP contribution >= 0.6 is 11.6 Å². The summed E-state index contributed by atoms with van der Waals surface area (Å²) in [6, 6.07) is 4.57. The molecule has 2 atom stereocenters. The Morgan fingerprint density at radius 3 is 2.71 bits per heavy atom. The lowest BCUT2D eigenvalue weighted by atomic mass is 9.93. The number of hydrogen-bond donors (Lipinski definition) is 1. The second-order valence-electron chi connectivity index (χ2n) is 4.09. The summed E-state index contributed by atoms with van der Waals surface area (Å²) in [5, 5.41) is 0.500. The molecule has 1 saturated carbocycles. The molecule has 0 amide bonds. The van der Waals surface area contributed by atoms with Crippen LogP contribution in [-0.2, 0) is 5.41 Å². The predicted octanol–water partition coefficient (Wildman–Crippen LogP) is 2.72. The zero-order chi connectivity index (χ0) is 10.3. The monoisotopic (exact) mass is 213 g/mol. The molecule has 2 rings (SSSR count). The molecular formula is C11H13ClFN. The molecule has 1 aliphatic rings. The molecule has 0 saturated heterocycles. The Balaban J connectivity index is 2.42. The van der Waals surface area contributed by atoms with Crippen LogP contribution in [0.2, 0.25) is 5.02 Å². The van der Waals surface area contributed by atoms with Crippen molar-refractivity contribution in [2.45, 2.75) is 18.8 Å². The molecule has 1 fully saturated rings. The van der Waals surface area contributed by atoms with E-state index in [0.717, 1.165) is 12.0 Å². The summed E-state index contributed by atoms with van der Waals surface area (Å²) in [6.07, 6.45) is 1.05. The van der Waals surface area contributed by atoms with Crippen molar-refractivity contribution in [1.29, 1.82) is 0 Å². The van der Waals surface area contributed by atoms with Gasteiger partial charge in [-0.05, 0) is 30.0 Å². The van der Waals surface area contributed by atoms with Crippen LogP contribution in [0.5, 0.6) is 0 Å². The molecule has 0 heterocycles. The van der Waals surface area contributed by atoms with Gasteiger partial charge in [-0.2, -0.15) is 0 Å². The van der Waals surface area contributed by atoms with Gasteiger partial charge >= 0.3 is 0 Å². The average molecular weight is 214 g/mol. The Labute approximate surface area is 88.1 Å². The highest BCUT2D eigenvalue weighted by molar-refractivity contribution is 6.31. The third-order valence-corrected chi connectivity index (χ3v) is 3.60. The quantitative estimate of drug-likeness (QED) is 0.803. The SMILES string of the molecule is CC1CC1(CN)c1ccc(F)cc1Cl. The molecule has 0 radical (unpaired) electrons. The Morgan fingerprint density at radius 2 is 2.29 bits per heavy atom. The van der Waals surface area contributed by atoms with E-state index < -0.39 is 0 Å². The summed E-state index contributed by atoms with van der Waals surface area (Å²) in [5.74, 6) is 0.259. The van der Waals surface area contributed by atoms with Gasteiger partial charge in [0.15, 0.2) is 0 Å². The molecule has 1 aromatic carbocycles. The highest BCUT2D eigenvalue weighted by atomic mass is 35.5. The summed E-state index contributed by atoms with van der Waals surface area (Å²) in [4.78, 5) is 0. The van der Waals surface area contributed by atoms with Crippen molar-refractivity contribution in [3.8, 4) is 0 Å². The number of nitrogens with two attached hydrogens (primary N) is 1. The van der Waals surface area contributed by atoms with Gasteiger partial charge in [-0.1, -0.05) is 24.6 Å². The standard InChI is InChI=1S/C11H13ClFN/c1-7-5-11(7,6-14)9-3-2-8(13)4-10(9)12/h2-4,7H,5-6,14H2,1H3. The predicted molar refractivity (Wildman–Crippen MR) is 55.9 cm³/mol. The van der Waals surface area contributed by atoms with Crippen LogP contribution in [-0.4, -0.2) is 6.54 Å². The van der Waals surface area contributed by atoms with E-state index in [0.29, 0.717) is 17.5 Å². The Bertz CT molecular complexity index is 362. The first-order chi connectivity index (χ1) is 6.60. The molecule has 2 N–H and O–H groups in total. The lowest BCUT2D eigenvalue weighted by molar-refractivity contribution is 0.615. The summed E-state index contributed by atoms with van der Waals surface area (Å²) in [7, 11) is 0. The van der Waals surface area contributed by atoms with Crippen molar-refractivity contribution >= 4 is 11.6 Å². The molecule has 1 aromatic rings. The number of benzene rings is 1. The van der Waals surface area contributed by atoms with E-state index in [2.05, 4.69) is 6.92 Å². The van der Waals surface area contributed by atoms with Gasteiger partial charge in [0.05, 0.1) is 0 Å². The molecule has 1 nitrogen and oxygen atoms in total. The third kappa shape index (κ3) is 1.33. The molecule has 76 valence electrons. The fourth-order valence-corrected chi connectivity index (χ4v) is 2.51. The van der Waals surface area contributed by atoms with Crippen LogP contribution in [0.3, 0.4) is 0 Å². The van der Waals surface area contributed by atoms with Gasteiger partial charge in [0.2, 0.25) is 0 Å². The Kier molecular flexibility index (Phi) is 2.28. The van der Waals surface area contributed by atoms with E-state index in [9.17, 15) is 4.39 Å². The molecule has 0 spiro atoms. The van der Waals surface area contributed by atoms with Crippen LogP contribution in [0, 0.1) is 11.7 Å². The van der Waals surface area contributed by atoms with E-state index in [-0.39, 0.29) is 11.2 Å². The molecule has 14 heavy (non-hydrogen) atoms. The van der Waals surface area contributed by atoms with Gasteiger partial charge < -0.3 is 5.73 Å². The number of hydrogen-bond acceptors (Lipinski definition) is 1. The van der Waals surface area contributed by atoms with E-state index in [1.165, 1.54) is 12.1 Å². The molecule has 1 aliphatic carbocycles. The van der Waals surface area contributed by atoms with Gasteiger partial charge in [-0.15, -0.1) is 0 Å². The fraction of sp³-hybridized carbons (Fsp3) is 0.455. The first-order valence-electron chi connectivity index (χ1n) is 4.76. The maximum atomic E-state index is 12.8. The van der Waals surface area contributed by atoms with Crippen molar-refractivity contribution in [3.05, 3.63) is 34.6 Å². The van der Waals surface area contributed by atoms with E-state index in [1.54, 1.807) is 6.07 Å². The van der Waals surface area contributed by atoms with Crippen molar-refractivity contribution in [2.75, 3.05) is 6.54 Å². The topological polar surface area (TPSA) is 26.0 Å². The van der Waals surface area contributed by atoms with Gasteiger partial charge in [0.1, 0.15) is 5.82 Å². The first kappa shape index (κ1) is 9.94. The van der Waals surface area contributed by atoms with Gasteiger partial charge in [-0.3, -0.25) is 0 Å². The van der Waals surface area contributed by atoms with Gasteiger partial charge in [0, 0.05) is 17.0 Å². The van der Waals surface area contributed by atoms with Crippen molar-refractivity contribution in [3.63, 3.8) is 0 Å². The second kappa shape index (κ2) is 3.21. The van der Waals surface area contributed by atoms with E-state index >= 15 is 0 Å². The van der Waals surface area contributed by atoms with Crippen molar-refractivity contribution < 1.29 is 4.39 Å². The highest BCUT2D eigenvalue weighted by Gasteiger charge is 2.52. The van der Waals surface area contributed by atoms with Crippen molar-refractivity contribution in [1.82, 2.24) is 0 Å².